The van der Waals surface area contributed by atoms with Crippen LogP contribution >= 0.6 is 0 Å². The number of H-pyrrole nitrogens is 1. The Kier molecular flexibility index (Phi) is 1.78. The summed E-state index contributed by atoms with van der Waals surface area (Å²) < 4.78 is 0. The molecule has 0 unspecified atom stereocenters. The molecule has 0 radical (unpaired) electrons. The van der Waals surface area contributed by atoms with Crippen LogP contribution in [0.4, 0.5) is 0 Å². The fourth-order valence-corrected chi connectivity index (χ4v) is 0.757. The number of nitrogens with one attached hydrogen (secondary N) is 1. The van der Waals surface area contributed by atoms with E-state index < -0.39 is 0 Å². The second-order valence-electron chi connectivity index (χ2n) is 1.86. The third-order valence-electron chi connectivity index (χ3n) is 1.23. The van der Waals surface area contributed by atoms with Crippen molar-refractivity contribution in [2.45, 2.75) is 6.42 Å². The Bertz CT molecular complexity index is 296. The van der Waals surface area contributed by atoms with Gasteiger partial charge in [-0.3, -0.25) is 0 Å². The van der Waals surface area contributed by atoms with Crippen molar-refractivity contribution in [3.63, 3.8) is 0 Å². The fourth-order valence-electron chi connectivity index (χ4n) is 0.757. The molecule has 1 N–H and O–H groups in total. The number of aromatic nitrogens is 1. The first-order valence-electron chi connectivity index (χ1n) is 2.88. The molecule has 0 atom stereocenters. The molecule has 0 amide bonds. The molecular formula is C8H6N2. The van der Waals surface area contributed by atoms with Crippen molar-refractivity contribution in [2.75, 3.05) is 0 Å². The summed E-state index contributed by atoms with van der Waals surface area (Å²) in [6.07, 6.45) is 7.27. The van der Waals surface area contributed by atoms with E-state index in [1.807, 2.05) is 6.07 Å². The first-order valence-corrected chi connectivity index (χ1v) is 2.88. The molecule has 10 heavy (non-hydrogen) atoms. The average molecular weight is 130 g/mol. The number of rotatable bonds is 1. The molecule has 0 bridgehead atoms. The van der Waals surface area contributed by atoms with Crippen molar-refractivity contribution in [3.8, 4) is 18.4 Å². The van der Waals surface area contributed by atoms with E-state index >= 15 is 0 Å². The molecule has 0 aliphatic rings. The summed E-state index contributed by atoms with van der Waals surface area (Å²) in [4.78, 5) is 2.89. The van der Waals surface area contributed by atoms with Gasteiger partial charge >= 0.3 is 0 Å². The highest BCUT2D eigenvalue weighted by Gasteiger charge is 1.98. The van der Waals surface area contributed by atoms with E-state index in [4.69, 9.17) is 11.7 Å². The Morgan fingerprint density at radius 2 is 2.50 bits per heavy atom. The van der Waals surface area contributed by atoms with Crippen LogP contribution in [-0.4, -0.2) is 4.98 Å². The molecule has 1 heterocycles. The predicted octanol–water partition coefficient (Wildman–Crippen LogP) is 1.06. The number of nitriles is 1. The summed E-state index contributed by atoms with van der Waals surface area (Å²) in [5, 5.41) is 8.50. The highest BCUT2D eigenvalue weighted by Crippen LogP contribution is 2.03. The first-order chi connectivity index (χ1) is 4.88. The maximum absolute atomic E-state index is 8.50. The maximum atomic E-state index is 8.50. The van der Waals surface area contributed by atoms with Gasteiger partial charge in [0, 0.05) is 11.9 Å². The quantitative estimate of drug-likeness (QED) is 0.567. The van der Waals surface area contributed by atoms with Gasteiger partial charge in [0.25, 0.3) is 0 Å². The van der Waals surface area contributed by atoms with Gasteiger partial charge in [0.05, 0.1) is 12.0 Å². The van der Waals surface area contributed by atoms with Crippen LogP contribution in [0.1, 0.15) is 11.3 Å². The molecule has 2 nitrogen and oxygen atoms in total. The minimum absolute atomic E-state index is 0.496. The molecule has 2 heteroatoms. The minimum Gasteiger partial charge on any atom is -0.363 e. The summed E-state index contributed by atoms with van der Waals surface area (Å²) in [6, 6.07) is 3.75. The molecule has 0 saturated carbocycles. The summed E-state index contributed by atoms with van der Waals surface area (Å²) >= 11 is 0. The first kappa shape index (κ1) is 6.45. The summed E-state index contributed by atoms with van der Waals surface area (Å²) in [5.41, 5.74) is 1.46. The fraction of sp³-hybridized carbons (Fsp3) is 0.125. The third-order valence-corrected chi connectivity index (χ3v) is 1.23. The van der Waals surface area contributed by atoms with Gasteiger partial charge in [-0.1, -0.05) is 0 Å². The topological polar surface area (TPSA) is 39.6 Å². The van der Waals surface area contributed by atoms with Crippen LogP contribution < -0.4 is 0 Å². The summed E-state index contributed by atoms with van der Waals surface area (Å²) in [6.45, 7) is 0. The number of terminal acetylenes is 1. The molecule has 0 fully saturated rings. The Morgan fingerprint density at radius 3 is 3.10 bits per heavy atom. The molecule has 48 valence electrons. The molecule has 1 aromatic heterocycles. The predicted molar refractivity (Wildman–Crippen MR) is 38.0 cm³/mol. The Morgan fingerprint density at radius 1 is 1.70 bits per heavy atom. The normalized spacial score (nSPS) is 8.20. The van der Waals surface area contributed by atoms with Crippen LogP contribution in [-0.2, 0) is 6.42 Å². The van der Waals surface area contributed by atoms with Gasteiger partial charge in [-0.2, -0.15) is 5.26 Å². The van der Waals surface area contributed by atoms with Crippen LogP contribution in [0, 0.1) is 23.7 Å². The molecular weight excluding hydrogens is 124 g/mol. The molecule has 0 spiro atoms. The lowest BCUT2D eigenvalue weighted by atomic mass is 10.2. The van der Waals surface area contributed by atoms with Crippen LogP contribution in [0.25, 0.3) is 0 Å². The highest BCUT2D eigenvalue weighted by molar-refractivity contribution is 5.34. The number of aromatic amines is 1. The zero-order valence-corrected chi connectivity index (χ0v) is 5.39. The van der Waals surface area contributed by atoms with Gasteiger partial charge in [-0.05, 0) is 6.07 Å². The van der Waals surface area contributed by atoms with Crippen molar-refractivity contribution in [1.29, 1.82) is 5.26 Å². The Labute approximate surface area is 59.5 Å². The van der Waals surface area contributed by atoms with Crippen LogP contribution in [0.5, 0.6) is 0 Å². The third kappa shape index (κ3) is 1.01. The lowest BCUT2D eigenvalue weighted by molar-refractivity contribution is 1.17. The van der Waals surface area contributed by atoms with Crippen molar-refractivity contribution < 1.29 is 0 Å². The SMILES string of the molecule is C#CCc1[nH]ccc1C#N. The van der Waals surface area contributed by atoms with Gasteiger partial charge in [-0.15, -0.1) is 12.3 Å². The lowest BCUT2D eigenvalue weighted by Gasteiger charge is -1.86. The van der Waals surface area contributed by atoms with E-state index in [-0.39, 0.29) is 0 Å². The zero-order valence-electron chi connectivity index (χ0n) is 5.39. The van der Waals surface area contributed by atoms with Gasteiger partial charge < -0.3 is 4.98 Å². The van der Waals surface area contributed by atoms with Gasteiger partial charge in [0.15, 0.2) is 0 Å². The molecule has 1 rings (SSSR count). The van der Waals surface area contributed by atoms with Gasteiger partial charge in [0.2, 0.25) is 0 Å². The second-order valence-corrected chi connectivity index (χ2v) is 1.86. The summed E-state index contributed by atoms with van der Waals surface area (Å²) in [5.74, 6) is 2.46. The molecule has 0 saturated heterocycles. The van der Waals surface area contributed by atoms with Crippen LogP contribution in [0.15, 0.2) is 12.3 Å². The number of nitrogens with zero attached hydrogens (tertiary/aromatic N) is 1. The van der Waals surface area contributed by atoms with E-state index in [0.29, 0.717) is 12.0 Å². The molecule has 0 aromatic carbocycles. The van der Waals surface area contributed by atoms with E-state index in [9.17, 15) is 0 Å². The second kappa shape index (κ2) is 2.75. The maximum Gasteiger partial charge on any atom is 0.101 e. The smallest absolute Gasteiger partial charge is 0.101 e. The van der Waals surface area contributed by atoms with Crippen LogP contribution in [0.3, 0.4) is 0 Å². The number of hydrogen-bond acceptors (Lipinski definition) is 1. The largest absolute Gasteiger partial charge is 0.363 e. The monoisotopic (exact) mass is 130 g/mol. The molecule has 0 aliphatic carbocycles. The lowest BCUT2D eigenvalue weighted by Crippen LogP contribution is -1.83. The molecule has 0 aliphatic heterocycles. The highest BCUT2D eigenvalue weighted by atomic mass is 14.7. The Balaban J connectivity index is 2.96. The standard InChI is InChI=1S/C8H6N2/c1-2-3-8-7(6-9)4-5-10-8/h1,4-5,10H,3H2. The van der Waals surface area contributed by atoms with E-state index in [1.54, 1.807) is 12.3 Å². The van der Waals surface area contributed by atoms with E-state index in [2.05, 4.69) is 10.9 Å². The average Bonchev–Trinajstić information content (AvgIpc) is 2.36. The van der Waals surface area contributed by atoms with Crippen molar-refractivity contribution in [2.24, 2.45) is 0 Å². The van der Waals surface area contributed by atoms with Crippen molar-refractivity contribution in [3.05, 3.63) is 23.5 Å². The van der Waals surface area contributed by atoms with Gasteiger partial charge in [0.1, 0.15) is 6.07 Å². The zero-order chi connectivity index (χ0) is 7.40. The van der Waals surface area contributed by atoms with Crippen LogP contribution in [0.2, 0.25) is 0 Å². The minimum atomic E-state index is 0.496. The van der Waals surface area contributed by atoms with Crippen molar-refractivity contribution >= 4 is 0 Å². The van der Waals surface area contributed by atoms with E-state index in [1.165, 1.54) is 0 Å². The van der Waals surface area contributed by atoms with Crippen molar-refractivity contribution in [1.82, 2.24) is 4.98 Å². The Hall–Kier alpha value is -1.67. The molecule has 1 aromatic rings. The number of hydrogen-bond donors (Lipinski definition) is 1. The van der Waals surface area contributed by atoms with Gasteiger partial charge in [-0.25, -0.2) is 0 Å². The van der Waals surface area contributed by atoms with E-state index in [0.717, 1.165) is 5.69 Å². The summed E-state index contributed by atoms with van der Waals surface area (Å²) in [7, 11) is 0.